The number of hydrogen-bond acceptors (Lipinski definition) is 2. The van der Waals surface area contributed by atoms with Crippen LogP contribution in [-0.2, 0) is 0 Å². The second-order valence-electron chi connectivity index (χ2n) is 6.14. The van der Waals surface area contributed by atoms with Gasteiger partial charge in [0, 0.05) is 12.6 Å². The molecule has 2 rings (SSSR count). The van der Waals surface area contributed by atoms with Gasteiger partial charge in [-0.15, -0.1) is 0 Å². The molecular formula is C17H28N2. The lowest BCUT2D eigenvalue weighted by Gasteiger charge is -2.34. The van der Waals surface area contributed by atoms with Crippen molar-refractivity contribution in [3.63, 3.8) is 0 Å². The summed E-state index contributed by atoms with van der Waals surface area (Å²) in [6.45, 7) is 8.49. The molecule has 0 aromatic heterocycles. The quantitative estimate of drug-likeness (QED) is 0.873. The van der Waals surface area contributed by atoms with Crippen LogP contribution in [0.1, 0.15) is 38.3 Å². The Balaban J connectivity index is 1.92. The van der Waals surface area contributed by atoms with E-state index in [4.69, 9.17) is 0 Å². The van der Waals surface area contributed by atoms with Gasteiger partial charge in [0.15, 0.2) is 0 Å². The summed E-state index contributed by atoms with van der Waals surface area (Å²) in [5, 5.41) is 3.49. The first-order valence-electron chi connectivity index (χ1n) is 7.65. The molecule has 1 heterocycles. The van der Waals surface area contributed by atoms with Gasteiger partial charge in [0.2, 0.25) is 0 Å². The molecule has 0 saturated carbocycles. The summed E-state index contributed by atoms with van der Waals surface area (Å²) in [5.74, 6) is 1.56. The number of piperidine rings is 1. The highest BCUT2D eigenvalue weighted by atomic mass is 15.1. The molecule has 2 atom stereocenters. The van der Waals surface area contributed by atoms with E-state index in [0.717, 1.165) is 5.92 Å². The van der Waals surface area contributed by atoms with Crippen molar-refractivity contribution in [1.29, 1.82) is 0 Å². The van der Waals surface area contributed by atoms with Gasteiger partial charge in [-0.2, -0.15) is 0 Å². The molecule has 0 amide bonds. The van der Waals surface area contributed by atoms with Crippen molar-refractivity contribution in [3.05, 3.63) is 35.9 Å². The molecule has 2 heteroatoms. The Morgan fingerprint density at radius 3 is 2.42 bits per heavy atom. The Morgan fingerprint density at radius 2 is 1.84 bits per heavy atom. The molecule has 1 fully saturated rings. The zero-order chi connectivity index (χ0) is 13.7. The van der Waals surface area contributed by atoms with E-state index >= 15 is 0 Å². The highest BCUT2D eigenvalue weighted by molar-refractivity contribution is 5.19. The van der Waals surface area contributed by atoms with Crippen molar-refractivity contribution in [1.82, 2.24) is 10.2 Å². The molecule has 0 radical (unpaired) electrons. The van der Waals surface area contributed by atoms with Crippen LogP contribution in [0.2, 0.25) is 0 Å². The first-order valence-corrected chi connectivity index (χ1v) is 7.65. The predicted octanol–water partition coefficient (Wildman–Crippen LogP) is 3.32. The Morgan fingerprint density at radius 1 is 1.21 bits per heavy atom. The van der Waals surface area contributed by atoms with E-state index in [1.165, 1.54) is 38.0 Å². The topological polar surface area (TPSA) is 15.3 Å². The average Bonchev–Trinajstić information content (AvgIpc) is 2.43. The Hall–Kier alpha value is -0.860. The van der Waals surface area contributed by atoms with Crippen LogP contribution in [0.25, 0.3) is 0 Å². The van der Waals surface area contributed by atoms with Crippen molar-refractivity contribution in [3.8, 4) is 0 Å². The molecule has 1 aliphatic rings. The molecule has 19 heavy (non-hydrogen) atoms. The summed E-state index contributed by atoms with van der Waals surface area (Å²) in [4.78, 5) is 2.64. The molecule has 1 aromatic carbocycles. The van der Waals surface area contributed by atoms with E-state index < -0.39 is 0 Å². The maximum Gasteiger partial charge on any atom is 0.0355 e. The lowest BCUT2D eigenvalue weighted by Crippen LogP contribution is -2.39. The van der Waals surface area contributed by atoms with Gasteiger partial charge < -0.3 is 10.2 Å². The summed E-state index contributed by atoms with van der Waals surface area (Å²) in [6, 6.07) is 11.3. The van der Waals surface area contributed by atoms with Gasteiger partial charge >= 0.3 is 0 Å². The molecule has 2 nitrogen and oxygen atoms in total. The molecule has 1 aromatic rings. The standard InChI is InChI=1S/C17H28N2/c1-14-9-11-19(12-10-14)13-15(2)17(18-3)16-7-5-4-6-8-16/h4-8,14-15,17-18H,9-13H2,1-3H3/t15-,17?/m0/s1. The molecule has 0 aliphatic carbocycles. The monoisotopic (exact) mass is 260 g/mol. The molecule has 1 saturated heterocycles. The second kappa shape index (κ2) is 7.06. The highest BCUT2D eigenvalue weighted by Crippen LogP contribution is 2.24. The minimum atomic E-state index is 0.459. The number of hydrogen-bond donors (Lipinski definition) is 1. The number of nitrogens with zero attached hydrogens (tertiary/aromatic N) is 1. The van der Waals surface area contributed by atoms with Gasteiger partial charge in [0.25, 0.3) is 0 Å². The molecule has 1 unspecified atom stereocenters. The van der Waals surface area contributed by atoms with Crippen molar-refractivity contribution in [2.45, 2.75) is 32.7 Å². The first-order chi connectivity index (χ1) is 9.20. The summed E-state index contributed by atoms with van der Waals surface area (Å²) in [5.41, 5.74) is 1.41. The van der Waals surface area contributed by atoms with E-state index in [9.17, 15) is 0 Å². The number of nitrogens with one attached hydrogen (secondary N) is 1. The van der Waals surface area contributed by atoms with E-state index in [-0.39, 0.29) is 0 Å². The summed E-state index contributed by atoms with van der Waals surface area (Å²) in [6.07, 6.45) is 2.73. The van der Waals surface area contributed by atoms with Crippen LogP contribution < -0.4 is 5.32 Å². The van der Waals surface area contributed by atoms with Crippen LogP contribution in [-0.4, -0.2) is 31.6 Å². The van der Waals surface area contributed by atoms with E-state index in [2.05, 4.69) is 61.4 Å². The van der Waals surface area contributed by atoms with Crippen molar-refractivity contribution < 1.29 is 0 Å². The van der Waals surface area contributed by atoms with Gasteiger partial charge in [-0.05, 0) is 50.4 Å². The third-order valence-electron chi connectivity index (χ3n) is 4.46. The third-order valence-corrected chi connectivity index (χ3v) is 4.46. The average molecular weight is 260 g/mol. The number of likely N-dealkylation sites (tertiary alicyclic amines) is 1. The maximum atomic E-state index is 3.49. The fourth-order valence-corrected chi connectivity index (χ4v) is 3.20. The smallest absolute Gasteiger partial charge is 0.0355 e. The van der Waals surface area contributed by atoms with Crippen LogP contribution >= 0.6 is 0 Å². The van der Waals surface area contributed by atoms with Gasteiger partial charge in [-0.1, -0.05) is 44.2 Å². The van der Waals surface area contributed by atoms with Crippen LogP contribution in [0.15, 0.2) is 30.3 Å². The summed E-state index contributed by atoms with van der Waals surface area (Å²) in [7, 11) is 2.08. The van der Waals surface area contributed by atoms with Crippen LogP contribution in [0, 0.1) is 11.8 Å². The lowest BCUT2D eigenvalue weighted by atomic mass is 9.92. The van der Waals surface area contributed by atoms with E-state index in [1.807, 2.05) is 0 Å². The zero-order valence-electron chi connectivity index (χ0n) is 12.6. The molecule has 0 spiro atoms. The number of rotatable bonds is 5. The second-order valence-corrected chi connectivity index (χ2v) is 6.14. The minimum Gasteiger partial charge on any atom is -0.313 e. The van der Waals surface area contributed by atoms with Crippen molar-refractivity contribution in [2.75, 3.05) is 26.7 Å². The minimum absolute atomic E-state index is 0.459. The molecule has 1 N–H and O–H groups in total. The molecular weight excluding hydrogens is 232 g/mol. The van der Waals surface area contributed by atoms with Gasteiger partial charge in [0.1, 0.15) is 0 Å². The van der Waals surface area contributed by atoms with Gasteiger partial charge in [-0.3, -0.25) is 0 Å². The SMILES string of the molecule is CNC(c1ccccc1)[C@@H](C)CN1CCC(C)CC1. The zero-order valence-corrected chi connectivity index (χ0v) is 12.6. The summed E-state index contributed by atoms with van der Waals surface area (Å²) >= 11 is 0. The fourth-order valence-electron chi connectivity index (χ4n) is 3.20. The van der Waals surface area contributed by atoms with Crippen molar-refractivity contribution in [2.24, 2.45) is 11.8 Å². The number of benzene rings is 1. The van der Waals surface area contributed by atoms with E-state index in [1.54, 1.807) is 0 Å². The first kappa shape index (κ1) is 14.5. The maximum absolute atomic E-state index is 3.49. The Labute approximate surface area is 118 Å². The fraction of sp³-hybridized carbons (Fsp3) is 0.647. The van der Waals surface area contributed by atoms with E-state index in [0.29, 0.717) is 12.0 Å². The van der Waals surface area contributed by atoms with Gasteiger partial charge in [-0.25, -0.2) is 0 Å². The van der Waals surface area contributed by atoms with Crippen LogP contribution in [0.5, 0.6) is 0 Å². The predicted molar refractivity (Wildman–Crippen MR) is 82.2 cm³/mol. The lowest BCUT2D eigenvalue weighted by molar-refractivity contribution is 0.158. The third kappa shape index (κ3) is 4.05. The molecule has 0 bridgehead atoms. The Bertz CT molecular complexity index is 355. The Kier molecular flexibility index (Phi) is 5.41. The van der Waals surface area contributed by atoms with Crippen LogP contribution in [0.3, 0.4) is 0 Å². The highest BCUT2D eigenvalue weighted by Gasteiger charge is 2.22. The molecule has 1 aliphatic heterocycles. The van der Waals surface area contributed by atoms with Gasteiger partial charge in [0.05, 0.1) is 0 Å². The largest absolute Gasteiger partial charge is 0.313 e. The van der Waals surface area contributed by atoms with Crippen LogP contribution in [0.4, 0.5) is 0 Å². The van der Waals surface area contributed by atoms with Crippen molar-refractivity contribution >= 4 is 0 Å². The molecule has 106 valence electrons. The normalized spacial score (nSPS) is 21.2. The summed E-state index contributed by atoms with van der Waals surface area (Å²) < 4.78 is 0.